The van der Waals surface area contributed by atoms with Gasteiger partial charge in [-0.25, -0.2) is 4.98 Å². The van der Waals surface area contributed by atoms with Crippen molar-refractivity contribution in [3.8, 4) is 22.4 Å². The van der Waals surface area contributed by atoms with Gasteiger partial charge in [0.1, 0.15) is 0 Å². The Kier molecular flexibility index (Phi) is 7.54. The summed E-state index contributed by atoms with van der Waals surface area (Å²) < 4.78 is 0. The molecule has 1 heteroatoms. The van der Waals surface area contributed by atoms with Gasteiger partial charge >= 0.3 is 0 Å². The molecular formula is C52H39N. The largest absolute Gasteiger partial charge is 0.248 e. The number of nitrogens with zero attached hydrogens (tertiary/aromatic N) is 1. The van der Waals surface area contributed by atoms with E-state index < -0.39 is 0 Å². The predicted octanol–water partition coefficient (Wildman–Crippen LogP) is 14.1. The van der Waals surface area contributed by atoms with Crippen LogP contribution in [-0.4, -0.2) is 4.98 Å². The first-order chi connectivity index (χ1) is 26.1. The molecule has 2 aliphatic carbocycles. The van der Waals surface area contributed by atoms with Crippen LogP contribution in [0.1, 0.15) is 42.9 Å². The van der Waals surface area contributed by atoms with Crippen LogP contribution < -0.4 is 0 Å². The van der Waals surface area contributed by atoms with Crippen LogP contribution in [0.25, 0.3) is 76.8 Å². The van der Waals surface area contributed by atoms with Gasteiger partial charge in [0.2, 0.25) is 0 Å². The first-order valence-electron chi connectivity index (χ1n) is 18.8. The Morgan fingerprint density at radius 3 is 1.83 bits per heavy atom. The Hall–Kier alpha value is -6.31. The summed E-state index contributed by atoms with van der Waals surface area (Å²) in [5.74, 6) is 0. The number of hydrogen-bond acceptors (Lipinski definition) is 1. The van der Waals surface area contributed by atoms with E-state index in [1.54, 1.807) is 0 Å². The van der Waals surface area contributed by atoms with Crippen molar-refractivity contribution in [1.82, 2.24) is 4.98 Å². The summed E-state index contributed by atoms with van der Waals surface area (Å²) >= 11 is 0. The molecule has 0 aliphatic heterocycles. The van der Waals surface area contributed by atoms with E-state index in [-0.39, 0.29) is 5.41 Å². The molecule has 1 atom stereocenters. The van der Waals surface area contributed by atoms with Crippen LogP contribution in [0.5, 0.6) is 0 Å². The van der Waals surface area contributed by atoms with Crippen molar-refractivity contribution in [1.29, 1.82) is 0 Å². The molecule has 0 N–H and O–H groups in total. The third-order valence-electron chi connectivity index (χ3n) is 11.6. The second kappa shape index (κ2) is 12.7. The fourth-order valence-electron chi connectivity index (χ4n) is 8.94. The highest BCUT2D eigenvalue weighted by Crippen LogP contribution is 2.46. The molecule has 0 radical (unpaired) electrons. The van der Waals surface area contributed by atoms with Gasteiger partial charge in [-0.1, -0.05) is 177 Å². The van der Waals surface area contributed by atoms with E-state index in [0.717, 1.165) is 36.0 Å². The fraction of sp³-hybridized carbons (Fsp3) is 0.0962. The summed E-state index contributed by atoms with van der Waals surface area (Å²) in [5.41, 5.74) is 12.4. The fourth-order valence-corrected chi connectivity index (χ4v) is 8.94. The van der Waals surface area contributed by atoms with Gasteiger partial charge in [-0.05, 0) is 103 Å². The minimum atomic E-state index is -0.0606. The number of pyridine rings is 1. The molecule has 252 valence electrons. The summed E-state index contributed by atoms with van der Waals surface area (Å²) in [6.45, 7) is 2.38. The molecule has 1 unspecified atom stereocenters. The van der Waals surface area contributed by atoms with Crippen LogP contribution in [0.4, 0.5) is 0 Å². The molecule has 0 saturated heterocycles. The van der Waals surface area contributed by atoms with E-state index in [1.165, 1.54) is 76.7 Å². The summed E-state index contributed by atoms with van der Waals surface area (Å²) in [5, 5.41) is 9.05. The molecule has 7 aromatic carbocycles. The first kappa shape index (κ1) is 31.4. The molecule has 1 heterocycles. The zero-order valence-corrected chi connectivity index (χ0v) is 29.9. The van der Waals surface area contributed by atoms with Crippen LogP contribution in [0.15, 0.2) is 182 Å². The van der Waals surface area contributed by atoms with Crippen LogP contribution in [0.2, 0.25) is 0 Å². The zero-order valence-electron chi connectivity index (χ0n) is 29.9. The van der Waals surface area contributed by atoms with Gasteiger partial charge < -0.3 is 0 Å². The van der Waals surface area contributed by atoms with Crippen LogP contribution >= 0.6 is 0 Å². The van der Waals surface area contributed by atoms with Crippen LogP contribution in [0.3, 0.4) is 0 Å². The molecule has 2 aliphatic rings. The lowest BCUT2D eigenvalue weighted by Crippen LogP contribution is -2.20. The minimum Gasteiger partial charge on any atom is -0.248 e. The van der Waals surface area contributed by atoms with Gasteiger partial charge in [0.25, 0.3) is 0 Å². The average molecular weight is 678 g/mol. The highest BCUT2D eigenvalue weighted by Gasteiger charge is 2.29. The molecule has 0 saturated carbocycles. The van der Waals surface area contributed by atoms with Crippen molar-refractivity contribution >= 4 is 54.4 Å². The summed E-state index contributed by atoms with van der Waals surface area (Å²) in [7, 11) is 0. The van der Waals surface area contributed by atoms with Crippen molar-refractivity contribution in [2.75, 3.05) is 0 Å². The molecule has 1 nitrogen and oxygen atoms in total. The SMILES string of the molecule is CC1(c2c3ccccc3c(-c3ccc(C4=CC=C(c5cc(-c6ccccc6)nc6ccc7ccccc7c56)CC4)cc3)c3ccccc23)C=CC=CC1. The number of aromatic nitrogens is 1. The van der Waals surface area contributed by atoms with Crippen molar-refractivity contribution < 1.29 is 0 Å². The molecule has 1 aromatic heterocycles. The minimum absolute atomic E-state index is 0.0606. The van der Waals surface area contributed by atoms with Crippen LogP contribution in [0, 0.1) is 0 Å². The first-order valence-corrected chi connectivity index (χ1v) is 18.8. The predicted molar refractivity (Wildman–Crippen MR) is 227 cm³/mol. The van der Waals surface area contributed by atoms with Crippen molar-refractivity contribution in [2.45, 2.75) is 31.6 Å². The quantitative estimate of drug-likeness (QED) is 0.130. The zero-order chi connectivity index (χ0) is 35.4. The van der Waals surface area contributed by atoms with E-state index in [4.69, 9.17) is 4.98 Å². The molecule has 8 aromatic rings. The van der Waals surface area contributed by atoms with Gasteiger partial charge in [0, 0.05) is 16.4 Å². The normalized spacial score (nSPS) is 17.1. The van der Waals surface area contributed by atoms with E-state index in [2.05, 4.69) is 189 Å². The van der Waals surface area contributed by atoms with Gasteiger partial charge in [0.15, 0.2) is 0 Å². The second-order valence-electron chi connectivity index (χ2n) is 14.8. The molecule has 0 spiro atoms. The Morgan fingerprint density at radius 2 is 1.15 bits per heavy atom. The molecule has 0 bridgehead atoms. The molecule has 0 amide bonds. The smallest absolute Gasteiger partial charge is 0.0722 e. The van der Waals surface area contributed by atoms with Crippen LogP contribution in [-0.2, 0) is 5.41 Å². The maximum absolute atomic E-state index is 5.17. The van der Waals surface area contributed by atoms with E-state index in [1.807, 2.05) is 0 Å². The summed E-state index contributed by atoms with van der Waals surface area (Å²) in [6, 6.07) is 53.3. The molecule has 0 fully saturated rings. The third kappa shape index (κ3) is 5.35. The lowest BCUT2D eigenvalue weighted by atomic mass is 9.72. The average Bonchev–Trinajstić information content (AvgIpc) is 3.23. The number of hydrogen-bond donors (Lipinski definition) is 0. The molecule has 53 heavy (non-hydrogen) atoms. The topological polar surface area (TPSA) is 12.9 Å². The van der Waals surface area contributed by atoms with Crippen molar-refractivity contribution in [2.24, 2.45) is 0 Å². The summed E-state index contributed by atoms with van der Waals surface area (Å²) in [4.78, 5) is 5.17. The standard InChI is InChI=1S/C52H39N/c1-52(32-12-3-13-33-52)51-44-20-10-8-18-42(44)49(43-19-9-11-21-45(43)51)40-28-24-36(25-29-40)35-22-26-38(27-23-35)46-34-48(39-15-4-2-5-16-39)53-47-31-30-37-14-6-7-17-41(37)50(46)47/h2-22,24-26,28-32,34H,23,27,33H2,1H3. The second-order valence-corrected chi connectivity index (χ2v) is 14.8. The highest BCUT2D eigenvalue weighted by molar-refractivity contribution is 6.16. The lowest BCUT2D eigenvalue weighted by Gasteiger charge is -2.31. The highest BCUT2D eigenvalue weighted by atomic mass is 14.7. The Bertz CT molecular complexity index is 2790. The van der Waals surface area contributed by atoms with E-state index >= 15 is 0 Å². The summed E-state index contributed by atoms with van der Waals surface area (Å²) in [6.07, 6.45) is 16.7. The molecular weight excluding hydrogens is 639 g/mol. The maximum atomic E-state index is 5.17. The number of rotatable bonds is 5. The molecule has 10 rings (SSSR count). The Labute approximate surface area is 311 Å². The van der Waals surface area contributed by atoms with Crippen molar-refractivity contribution in [3.63, 3.8) is 0 Å². The van der Waals surface area contributed by atoms with Gasteiger partial charge in [0.05, 0.1) is 11.2 Å². The lowest BCUT2D eigenvalue weighted by molar-refractivity contribution is 0.610. The Balaban J connectivity index is 1.06. The Morgan fingerprint density at radius 1 is 0.528 bits per heavy atom. The number of allylic oxidation sites excluding steroid dienone is 8. The van der Waals surface area contributed by atoms with Gasteiger partial charge in [-0.3, -0.25) is 0 Å². The van der Waals surface area contributed by atoms with Crippen molar-refractivity contribution in [3.05, 3.63) is 199 Å². The van der Waals surface area contributed by atoms with E-state index in [9.17, 15) is 0 Å². The third-order valence-corrected chi connectivity index (χ3v) is 11.6. The van der Waals surface area contributed by atoms with E-state index in [0.29, 0.717) is 0 Å². The monoisotopic (exact) mass is 677 g/mol. The maximum Gasteiger partial charge on any atom is 0.0722 e. The van der Waals surface area contributed by atoms with Gasteiger partial charge in [-0.15, -0.1) is 0 Å². The number of fused-ring (bicyclic) bond motifs is 5. The van der Waals surface area contributed by atoms with Gasteiger partial charge in [-0.2, -0.15) is 0 Å². The number of benzene rings is 7.